The van der Waals surface area contributed by atoms with Crippen LogP contribution < -0.4 is 10.3 Å². The number of hydrazone groups is 1. The van der Waals surface area contributed by atoms with Gasteiger partial charge in [0.2, 0.25) is 5.91 Å². The number of H-pyrrole nitrogens is 1. The molecule has 2 heterocycles. The number of aromatic nitrogens is 1. The Morgan fingerprint density at radius 2 is 1.82 bits per heavy atom. The van der Waals surface area contributed by atoms with Crippen molar-refractivity contribution in [3.63, 3.8) is 0 Å². The lowest BCUT2D eigenvalue weighted by molar-refractivity contribution is -0.141. The molecule has 8 nitrogen and oxygen atoms in total. The average molecular weight is 510 g/mol. The SMILES string of the molecule is COc1cccc(C2CC(c3c(-c4ccccc4)c4cc(C)ccc4[nH]c3=O)=NN2C(=O)CCC(=O)O)c1. The van der Waals surface area contributed by atoms with Crippen molar-refractivity contribution in [1.29, 1.82) is 0 Å². The number of benzene rings is 3. The highest BCUT2D eigenvalue weighted by atomic mass is 16.5. The number of rotatable bonds is 7. The first-order valence-corrected chi connectivity index (χ1v) is 12.3. The summed E-state index contributed by atoms with van der Waals surface area (Å²) in [6.07, 6.45) is -0.228. The summed E-state index contributed by atoms with van der Waals surface area (Å²) >= 11 is 0. The van der Waals surface area contributed by atoms with Crippen molar-refractivity contribution in [3.8, 4) is 16.9 Å². The summed E-state index contributed by atoms with van der Waals surface area (Å²) in [4.78, 5) is 41.0. The van der Waals surface area contributed by atoms with Crippen LogP contribution in [-0.2, 0) is 9.59 Å². The van der Waals surface area contributed by atoms with Crippen LogP contribution in [0.2, 0.25) is 0 Å². The van der Waals surface area contributed by atoms with Crippen LogP contribution in [0.15, 0.2) is 82.7 Å². The maximum absolute atomic E-state index is 13.6. The van der Waals surface area contributed by atoms with E-state index in [0.29, 0.717) is 22.5 Å². The second-order valence-electron chi connectivity index (χ2n) is 9.29. The lowest BCUT2D eigenvalue weighted by Crippen LogP contribution is -2.27. The average Bonchev–Trinajstić information content (AvgIpc) is 3.37. The van der Waals surface area contributed by atoms with Crippen LogP contribution in [0.1, 0.15) is 42.0 Å². The van der Waals surface area contributed by atoms with Crippen molar-refractivity contribution in [1.82, 2.24) is 9.99 Å². The topological polar surface area (TPSA) is 112 Å². The molecule has 1 aromatic heterocycles. The largest absolute Gasteiger partial charge is 0.497 e. The van der Waals surface area contributed by atoms with Crippen molar-refractivity contribution < 1.29 is 19.4 Å². The number of aromatic amines is 1. The molecular formula is C30H27N3O5. The fraction of sp³-hybridized carbons (Fsp3) is 0.200. The Morgan fingerprint density at radius 1 is 1.03 bits per heavy atom. The van der Waals surface area contributed by atoms with E-state index >= 15 is 0 Å². The zero-order valence-corrected chi connectivity index (χ0v) is 21.1. The number of aliphatic carboxylic acids is 1. The van der Waals surface area contributed by atoms with Gasteiger partial charge in [-0.3, -0.25) is 14.4 Å². The number of ether oxygens (including phenoxy) is 1. The molecule has 0 radical (unpaired) electrons. The molecule has 4 aromatic rings. The first-order chi connectivity index (χ1) is 18.4. The number of aryl methyl sites for hydroxylation is 1. The Morgan fingerprint density at radius 3 is 2.55 bits per heavy atom. The van der Waals surface area contributed by atoms with E-state index in [4.69, 9.17) is 9.84 Å². The molecule has 3 aromatic carbocycles. The third-order valence-corrected chi connectivity index (χ3v) is 6.72. The first-order valence-electron chi connectivity index (χ1n) is 12.3. The molecule has 1 amide bonds. The van der Waals surface area contributed by atoms with Crippen molar-refractivity contribution in [3.05, 3.63) is 99.8 Å². The van der Waals surface area contributed by atoms with Crippen LogP contribution in [-0.4, -0.2) is 39.8 Å². The molecule has 5 rings (SSSR count). The van der Waals surface area contributed by atoms with Gasteiger partial charge in [0.15, 0.2) is 0 Å². The Balaban J connectivity index is 1.70. The minimum atomic E-state index is -1.06. The van der Waals surface area contributed by atoms with Gasteiger partial charge in [-0.05, 0) is 42.3 Å². The van der Waals surface area contributed by atoms with Crippen LogP contribution in [0.4, 0.5) is 0 Å². The number of fused-ring (bicyclic) bond motifs is 1. The van der Waals surface area contributed by atoms with Gasteiger partial charge >= 0.3 is 5.97 Å². The molecule has 192 valence electrons. The summed E-state index contributed by atoms with van der Waals surface area (Å²) in [5.41, 5.74) is 4.70. The Bertz CT molecular complexity index is 1620. The first kappa shape index (κ1) is 25.0. The van der Waals surface area contributed by atoms with E-state index in [1.54, 1.807) is 13.2 Å². The van der Waals surface area contributed by atoms with Crippen LogP contribution in [0.3, 0.4) is 0 Å². The highest BCUT2D eigenvalue weighted by Crippen LogP contribution is 2.38. The molecule has 0 saturated carbocycles. The minimum absolute atomic E-state index is 0.203. The monoisotopic (exact) mass is 509 g/mol. The maximum atomic E-state index is 13.6. The van der Waals surface area contributed by atoms with E-state index in [0.717, 1.165) is 27.6 Å². The summed E-state index contributed by atoms with van der Waals surface area (Å²) in [7, 11) is 1.56. The van der Waals surface area contributed by atoms with E-state index in [1.165, 1.54) is 5.01 Å². The molecule has 1 unspecified atom stereocenters. The third kappa shape index (κ3) is 4.80. The highest BCUT2D eigenvalue weighted by molar-refractivity contribution is 6.13. The Labute approximate surface area is 219 Å². The lowest BCUT2D eigenvalue weighted by atomic mass is 9.90. The van der Waals surface area contributed by atoms with Crippen molar-refractivity contribution in [2.24, 2.45) is 5.10 Å². The van der Waals surface area contributed by atoms with E-state index in [1.807, 2.05) is 73.7 Å². The smallest absolute Gasteiger partial charge is 0.303 e. The summed E-state index contributed by atoms with van der Waals surface area (Å²) in [6, 6.07) is 22.3. The number of pyridine rings is 1. The number of carbonyl (C=O) groups excluding carboxylic acids is 1. The molecular weight excluding hydrogens is 482 g/mol. The van der Waals surface area contributed by atoms with Crippen LogP contribution in [0.5, 0.6) is 5.75 Å². The Kier molecular flexibility index (Phi) is 6.79. The molecule has 0 fully saturated rings. The summed E-state index contributed by atoms with van der Waals surface area (Å²) in [5, 5.41) is 16.0. The number of nitrogens with zero attached hydrogens (tertiary/aromatic N) is 2. The van der Waals surface area contributed by atoms with E-state index < -0.39 is 17.9 Å². The number of nitrogens with one attached hydrogen (secondary N) is 1. The highest BCUT2D eigenvalue weighted by Gasteiger charge is 2.35. The summed E-state index contributed by atoms with van der Waals surface area (Å²) in [6.45, 7) is 1.99. The number of methoxy groups -OCH3 is 1. The van der Waals surface area contributed by atoms with E-state index in [9.17, 15) is 14.4 Å². The van der Waals surface area contributed by atoms with Gasteiger partial charge in [0, 0.05) is 29.3 Å². The summed E-state index contributed by atoms with van der Waals surface area (Å²) < 4.78 is 5.38. The summed E-state index contributed by atoms with van der Waals surface area (Å²) in [5.74, 6) is -0.866. The van der Waals surface area contributed by atoms with Crippen molar-refractivity contribution in [2.45, 2.75) is 32.2 Å². The lowest BCUT2D eigenvalue weighted by Gasteiger charge is -2.22. The molecule has 8 heteroatoms. The predicted molar refractivity (Wildman–Crippen MR) is 145 cm³/mol. The van der Waals surface area contributed by atoms with Crippen molar-refractivity contribution >= 4 is 28.5 Å². The van der Waals surface area contributed by atoms with Crippen LogP contribution in [0.25, 0.3) is 22.0 Å². The van der Waals surface area contributed by atoms with Gasteiger partial charge in [-0.1, -0.05) is 54.1 Å². The van der Waals surface area contributed by atoms with Gasteiger partial charge < -0.3 is 14.8 Å². The number of carbonyl (C=O) groups is 2. The number of carboxylic acids is 1. The van der Waals surface area contributed by atoms with Gasteiger partial charge in [0.05, 0.1) is 30.8 Å². The number of hydrogen-bond acceptors (Lipinski definition) is 5. The number of hydrogen-bond donors (Lipinski definition) is 2. The minimum Gasteiger partial charge on any atom is -0.497 e. The van der Waals surface area contributed by atoms with Gasteiger partial charge in [-0.15, -0.1) is 0 Å². The predicted octanol–water partition coefficient (Wildman–Crippen LogP) is 5.05. The standard InChI is InChI=1S/C30H27N3O5/c1-18-11-12-23-22(15-18)28(19-7-4-3-5-8-19)29(30(37)31-23)24-17-25(20-9-6-10-21(16-20)38-2)33(32-24)26(34)13-14-27(35)36/h3-12,15-16,25H,13-14,17H2,1-2H3,(H,31,37)(H,35,36). The maximum Gasteiger partial charge on any atom is 0.303 e. The molecule has 0 spiro atoms. The molecule has 38 heavy (non-hydrogen) atoms. The Hall–Kier alpha value is -4.72. The van der Waals surface area contributed by atoms with Gasteiger partial charge in [0.1, 0.15) is 5.75 Å². The zero-order chi connectivity index (χ0) is 26.8. The van der Waals surface area contributed by atoms with Crippen molar-refractivity contribution in [2.75, 3.05) is 7.11 Å². The molecule has 1 atom stereocenters. The molecule has 0 saturated heterocycles. The molecule has 1 aliphatic rings. The normalized spacial score (nSPS) is 14.9. The molecule has 0 bridgehead atoms. The second-order valence-corrected chi connectivity index (χ2v) is 9.29. The molecule has 2 N–H and O–H groups in total. The zero-order valence-electron chi connectivity index (χ0n) is 21.1. The van der Waals surface area contributed by atoms with E-state index in [2.05, 4.69) is 10.1 Å². The quantitative estimate of drug-likeness (QED) is 0.362. The molecule has 0 aliphatic carbocycles. The van der Waals surface area contributed by atoms with Crippen LogP contribution >= 0.6 is 0 Å². The van der Waals surface area contributed by atoms with Gasteiger partial charge in [-0.25, -0.2) is 5.01 Å². The fourth-order valence-corrected chi connectivity index (χ4v) is 4.92. The number of amides is 1. The fourth-order valence-electron chi connectivity index (χ4n) is 4.92. The second kappa shape index (κ2) is 10.3. The molecule has 1 aliphatic heterocycles. The number of carboxylic acid groups (broad SMARTS) is 1. The van der Waals surface area contributed by atoms with Crippen LogP contribution in [0, 0.1) is 6.92 Å². The third-order valence-electron chi connectivity index (χ3n) is 6.72. The van der Waals surface area contributed by atoms with E-state index in [-0.39, 0.29) is 24.8 Å². The van der Waals surface area contributed by atoms with Gasteiger partial charge in [-0.2, -0.15) is 5.10 Å². The van der Waals surface area contributed by atoms with Gasteiger partial charge in [0.25, 0.3) is 5.56 Å².